The van der Waals surface area contributed by atoms with Crippen LogP contribution in [0.3, 0.4) is 0 Å². The fourth-order valence-corrected chi connectivity index (χ4v) is 12.7. The Balaban J connectivity index is 1.12. The van der Waals surface area contributed by atoms with Crippen LogP contribution in [0.5, 0.6) is 0 Å². The Kier molecular flexibility index (Phi) is 17.0. The van der Waals surface area contributed by atoms with Crippen LogP contribution in [-0.2, 0) is 39.0 Å². The first kappa shape index (κ1) is 49.8. The summed E-state index contributed by atoms with van der Waals surface area (Å²) in [6, 6.07) is 15.0. The van der Waals surface area contributed by atoms with E-state index in [-0.39, 0.29) is 84.1 Å². The molecule has 6 rings (SSSR count). The average Bonchev–Trinajstić information content (AvgIpc) is 4.04. The van der Waals surface area contributed by atoms with E-state index < -0.39 is 36.4 Å². The molecular formula is C46H59N4O10PS3. The van der Waals surface area contributed by atoms with Gasteiger partial charge in [-0.15, -0.1) is 11.3 Å². The van der Waals surface area contributed by atoms with E-state index in [2.05, 4.69) is 10.2 Å². The van der Waals surface area contributed by atoms with Crippen LogP contribution in [0.25, 0.3) is 14.9 Å². The molecule has 14 nitrogen and oxygen atoms in total. The van der Waals surface area contributed by atoms with Crippen molar-refractivity contribution in [3.63, 3.8) is 0 Å². The summed E-state index contributed by atoms with van der Waals surface area (Å²) in [7, 11) is -3.84. The van der Waals surface area contributed by atoms with Gasteiger partial charge in [0.1, 0.15) is 12.1 Å². The molecule has 3 saturated heterocycles. The summed E-state index contributed by atoms with van der Waals surface area (Å²) >= 11 is 3.19. The number of nitrogens with one attached hydrogen (secondary N) is 1. The maximum atomic E-state index is 14.4. The highest BCUT2D eigenvalue weighted by atomic mass is 32.2. The number of aliphatic hydroxyl groups is 2. The Morgan fingerprint density at radius 1 is 0.891 bits per heavy atom. The van der Waals surface area contributed by atoms with E-state index in [4.69, 9.17) is 15.6 Å². The minimum absolute atomic E-state index is 0.0769. The van der Waals surface area contributed by atoms with Crippen molar-refractivity contribution in [2.75, 3.05) is 51.0 Å². The van der Waals surface area contributed by atoms with E-state index in [1.165, 1.54) is 11.3 Å². The largest absolute Gasteiger partial charge is 0.395 e. The smallest absolute Gasteiger partial charge is 0.335 e. The third-order valence-corrected chi connectivity index (χ3v) is 17.6. The molecule has 3 aromatic rings. The number of thioether (sulfide) groups is 2. The number of carbonyl (C=O) groups excluding carboxylic acids is 5. The summed E-state index contributed by atoms with van der Waals surface area (Å²) in [6.45, 7) is 14.3. The Hall–Kier alpha value is -3.59. The molecule has 4 heterocycles. The number of rotatable bonds is 18. The van der Waals surface area contributed by atoms with Gasteiger partial charge in [-0.25, -0.2) is 6.57 Å². The lowest BCUT2D eigenvalue weighted by atomic mass is 9.95. The molecule has 0 bridgehead atoms. The highest BCUT2D eigenvalue weighted by molar-refractivity contribution is 8.14. The number of likely N-dealkylation sites (tertiary alicyclic amines) is 1. The molecule has 3 aliphatic heterocycles. The average molecular weight is 955 g/mol. The van der Waals surface area contributed by atoms with E-state index in [1.807, 2.05) is 36.4 Å². The molecule has 2 aromatic carbocycles. The molecule has 64 heavy (non-hydrogen) atoms. The van der Waals surface area contributed by atoms with E-state index in [0.29, 0.717) is 48.2 Å². The topological polar surface area (TPSA) is 184 Å². The maximum absolute atomic E-state index is 14.4. The highest BCUT2D eigenvalue weighted by Gasteiger charge is 2.48. The van der Waals surface area contributed by atoms with E-state index in [0.717, 1.165) is 53.0 Å². The summed E-state index contributed by atoms with van der Waals surface area (Å²) in [5.74, 6) is -0.557. The second kappa shape index (κ2) is 21.8. The predicted molar refractivity (Wildman–Crippen MR) is 251 cm³/mol. The highest BCUT2D eigenvalue weighted by Crippen LogP contribution is 2.52. The Morgan fingerprint density at radius 3 is 2.16 bits per heavy atom. The SMILES string of the molecule is [C-]#[N+][C@@H]1CN(C(=O)[C@@H]2CC[C@@H]3CCCC[C@H](NC(=O)c4cc5cc(CP(=O)(OCCSC(=O)C(C)(C)CO)OCCSC(=O)C(C)(C)CO)ccc5s4)C(=O)N32)C[C@H]1c1ccccc1. The van der Waals surface area contributed by atoms with Gasteiger partial charge in [-0.3, -0.25) is 28.5 Å². The molecule has 0 radical (unpaired) electrons. The standard InChI is InChI=1S/C46H59N4O10PS3/c1-45(2,28-51)43(56)62-21-19-59-61(58,60-20-22-63-44(57)46(3,4)29-52)27-30-15-18-38-32(23-30)24-39(64-38)40(53)48-35-14-10-9-13-33-16-17-37(50(33)41(35)54)42(55)49-25-34(36(26-49)47-5)31-11-7-6-8-12-31/h6-8,11-12,15,18,23-24,33-37,51-52H,9-10,13-14,16-17,19-22,25-29H2,1-4H3,(H,48,53)/t33-,34-,35-,36+,37-/m0/s1. The molecule has 3 N–H and O–H groups in total. The Morgan fingerprint density at radius 2 is 1.53 bits per heavy atom. The monoisotopic (exact) mass is 954 g/mol. The number of fused-ring (bicyclic) bond motifs is 2. The lowest BCUT2D eigenvalue weighted by molar-refractivity contribution is -0.146. The van der Waals surface area contributed by atoms with Gasteiger partial charge in [0.15, 0.2) is 10.2 Å². The predicted octanol–water partition coefficient (Wildman–Crippen LogP) is 7.13. The van der Waals surface area contributed by atoms with Crippen LogP contribution >= 0.6 is 42.5 Å². The molecule has 0 spiro atoms. The molecule has 5 atom stereocenters. The summed E-state index contributed by atoms with van der Waals surface area (Å²) in [4.78, 5) is 75.3. The Bertz CT molecular complexity index is 2230. The van der Waals surface area contributed by atoms with Crippen LogP contribution in [0.1, 0.15) is 92.9 Å². The number of nitrogens with zero attached hydrogens (tertiary/aromatic N) is 3. The zero-order valence-corrected chi connectivity index (χ0v) is 40.2. The van der Waals surface area contributed by atoms with Gasteiger partial charge in [-0.1, -0.05) is 72.8 Å². The summed E-state index contributed by atoms with van der Waals surface area (Å²) in [5, 5.41) is 22.4. The molecular weight excluding hydrogens is 896 g/mol. The quantitative estimate of drug-likeness (QED) is 0.0667. The lowest BCUT2D eigenvalue weighted by Crippen LogP contribution is -2.56. The third-order valence-electron chi connectivity index (χ3n) is 12.2. The van der Waals surface area contributed by atoms with Crippen LogP contribution < -0.4 is 5.32 Å². The second-order valence-electron chi connectivity index (χ2n) is 18.0. The second-order valence-corrected chi connectivity index (χ2v) is 23.3. The van der Waals surface area contributed by atoms with Crippen LogP contribution in [-0.4, -0.2) is 123 Å². The summed E-state index contributed by atoms with van der Waals surface area (Å²) in [5.41, 5.74) is -0.258. The van der Waals surface area contributed by atoms with Gasteiger partial charge in [0, 0.05) is 28.8 Å². The fraction of sp³-hybridized carbons (Fsp3) is 0.565. The van der Waals surface area contributed by atoms with Gasteiger partial charge in [0.2, 0.25) is 17.9 Å². The molecule has 0 aliphatic carbocycles. The molecule has 3 aliphatic rings. The van der Waals surface area contributed by atoms with E-state index in [9.17, 15) is 38.8 Å². The van der Waals surface area contributed by atoms with Crippen LogP contribution in [0, 0.1) is 17.4 Å². The Labute approximate surface area is 387 Å². The zero-order valence-electron chi connectivity index (χ0n) is 36.9. The minimum atomic E-state index is -3.84. The molecule has 3 amide bonds. The van der Waals surface area contributed by atoms with Crippen molar-refractivity contribution in [1.29, 1.82) is 0 Å². The van der Waals surface area contributed by atoms with Crippen molar-refractivity contribution >= 4 is 80.5 Å². The van der Waals surface area contributed by atoms with Gasteiger partial charge < -0.3 is 39.2 Å². The van der Waals surface area contributed by atoms with E-state index >= 15 is 0 Å². The first-order valence-electron chi connectivity index (χ1n) is 21.8. The number of amides is 3. The van der Waals surface area contributed by atoms with Gasteiger partial charge in [0.25, 0.3) is 5.91 Å². The minimum Gasteiger partial charge on any atom is -0.395 e. The number of thiophene rings is 1. The molecule has 0 saturated carbocycles. The van der Waals surface area contributed by atoms with Crippen molar-refractivity contribution in [2.45, 2.75) is 102 Å². The number of carbonyl (C=O) groups is 5. The van der Waals surface area contributed by atoms with Gasteiger partial charge >= 0.3 is 7.60 Å². The zero-order chi connectivity index (χ0) is 46.2. The summed E-state index contributed by atoms with van der Waals surface area (Å²) in [6.07, 6.45) is 3.96. The third kappa shape index (κ3) is 12.0. The fourth-order valence-electron chi connectivity index (χ4n) is 8.27. The van der Waals surface area contributed by atoms with Gasteiger partial charge in [-0.2, -0.15) is 0 Å². The van der Waals surface area contributed by atoms with Crippen molar-refractivity contribution < 1.29 is 47.8 Å². The van der Waals surface area contributed by atoms with Crippen LogP contribution in [0.4, 0.5) is 0 Å². The lowest BCUT2D eigenvalue weighted by Gasteiger charge is -2.36. The number of benzene rings is 2. The molecule has 346 valence electrons. The van der Waals surface area contributed by atoms with Crippen molar-refractivity contribution in [3.05, 3.63) is 82.0 Å². The van der Waals surface area contributed by atoms with Gasteiger partial charge in [0.05, 0.1) is 60.8 Å². The number of hydrogen-bond acceptors (Lipinski definition) is 13. The molecule has 1 aromatic heterocycles. The molecule has 3 fully saturated rings. The number of hydrogen-bond donors (Lipinski definition) is 3. The maximum Gasteiger partial charge on any atom is 0.335 e. The van der Waals surface area contributed by atoms with Crippen molar-refractivity contribution in [2.24, 2.45) is 10.8 Å². The first-order chi connectivity index (χ1) is 30.5. The summed E-state index contributed by atoms with van der Waals surface area (Å²) < 4.78 is 26.7. The molecule has 18 heteroatoms. The van der Waals surface area contributed by atoms with Crippen molar-refractivity contribution in [1.82, 2.24) is 15.1 Å². The van der Waals surface area contributed by atoms with Crippen LogP contribution in [0.15, 0.2) is 54.6 Å². The van der Waals surface area contributed by atoms with E-state index in [1.54, 1.807) is 55.7 Å². The van der Waals surface area contributed by atoms with Gasteiger partial charge in [-0.05, 0) is 88.1 Å². The first-order valence-corrected chi connectivity index (χ1v) is 26.3. The van der Waals surface area contributed by atoms with Crippen LogP contribution in [0.2, 0.25) is 0 Å². The number of aliphatic hydroxyl groups excluding tert-OH is 2. The normalized spacial score (nSPS) is 21.9. The molecule has 0 unspecified atom stereocenters. The van der Waals surface area contributed by atoms with Crippen molar-refractivity contribution in [3.8, 4) is 0 Å².